The quantitative estimate of drug-likeness (QED) is 0.664. The van der Waals surface area contributed by atoms with E-state index < -0.39 is 0 Å². The summed E-state index contributed by atoms with van der Waals surface area (Å²) in [5.41, 5.74) is 0. The summed E-state index contributed by atoms with van der Waals surface area (Å²) in [6.07, 6.45) is 9.38. The zero-order valence-electron chi connectivity index (χ0n) is 15.3. The van der Waals surface area contributed by atoms with E-state index >= 15 is 0 Å². The topological polar surface area (TPSA) is 15.3 Å². The van der Waals surface area contributed by atoms with Crippen LogP contribution >= 0.6 is 0 Å². The van der Waals surface area contributed by atoms with Gasteiger partial charge in [0, 0.05) is 12.1 Å². The molecular formula is C19H40N2. The SMILES string of the molecule is CCCNC(CCC)C(CC)N1CCCC(C(C)C)CC1. The lowest BCUT2D eigenvalue weighted by molar-refractivity contribution is 0.148. The van der Waals surface area contributed by atoms with Gasteiger partial charge in [-0.1, -0.05) is 41.0 Å². The third kappa shape index (κ3) is 6.28. The van der Waals surface area contributed by atoms with Crippen LogP contribution in [0.15, 0.2) is 0 Å². The molecule has 3 unspecified atom stereocenters. The van der Waals surface area contributed by atoms with Crippen molar-refractivity contribution in [1.82, 2.24) is 10.2 Å². The van der Waals surface area contributed by atoms with E-state index in [4.69, 9.17) is 0 Å². The van der Waals surface area contributed by atoms with Crippen LogP contribution in [0, 0.1) is 11.8 Å². The Morgan fingerprint density at radius 2 is 1.81 bits per heavy atom. The second-order valence-electron chi connectivity index (χ2n) is 7.30. The fourth-order valence-electron chi connectivity index (χ4n) is 4.01. The summed E-state index contributed by atoms with van der Waals surface area (Å²) >= 11 is 0. The smallest absolute Gasteiger partial charge is 0.0246 e. The summed E-state index contributed by atoms with van der Waals surface area (Å²) < 4.78 is 0. The van der Waals surface area contributed by atoms with E-state index in [1.807, 2.05) is 0 Å². The lowest BCUT2D eigenvalue weighted by Crippen LogP contribution is -2.50. The summed E-state index contributed by atoms with van der Waals surface area (Å²) in [5.74, 6) is 1.80. The molecule has 0 amide bonds. The molecule has 0 aromatic carbocycles. The molecule has 0 radical (unpaired) electrons. The van der Waals surface area contributed by atoms with Crippen LogP contribution in [0.25, 0.3) is 0 Å². The molecule has 1 aliphatic heterocycles. The third-order valence-electron chi connectivity index (χ3n) is 5.36. The molecule has 1 heterocycles. The van der Waals surface area contributed by atoms with E-state index in [-0.39, 0.29) is 0 Å². The Labute approximate surface area is 134 Å². The molecule has 2 heteroatoms. The highest BCUT2D eigenvalue weighted by Crippen LogP contribution is 2.27. The molecule has 1 saturated heterocycles. The Morgan fingerprint density at radius 1 is 1.05 bits per heavy atom. The van der Waals surface area contributed by atoms with Crippen molar-refractivity contribution in [3.05, 3.63) is 0 Å². The molecule has 0 aromatic rings. The minimum absolute atomic E-state index is 0.690. The average molecular weight is 297 g/mol. The van der Waals surface area contributed by atoms with Gasteiger partial charge in [0.25, 0.3) is 0 Å². The first-order valence-electron chi connectivity index (χ1n) is 9.61. The largest absolute Gasteiger partial charge is 0.312 e. The third-order valence-corrected chi connectivity index (χ3v) is 5.36. The van der Waals surface area contributed by atoms with E-state index in [2.05, 4.69) is 44.8 Å². The summed E-state index contributed by atoms with van der Waals surface area (Å²) in [6.45, 7) is 15.6. The van der Waals surface area contributed by atoms with Gasteiger partial charge in [0.05, 0.1) is 0 Å². The molecule has 1 rings (SSSR count). The molecule has 0 saturated carbocycles. The minimum Gasteiger partial charge on any atom is -0.312 e. The van der Waals surface area contributed by atoms with Crippen LogP contribution in [0.4, 0.5) is 0 Å². The molecule has 0 bridgehead atoms. The molecule has 1 aliphatic rings. The fourth-order valence-corrected chi connectivity index (χ4v) is 4.01. The van der Waals surface area contributed by atoms with E-state index in [1.54, 1.807) is 0 Å². The van der Waals surface area contributed by atoms with Crippen molar-refractivity contribution in [3.8, 4) is 0 Å². The molecule has 0 aliphatic carbocycles. The van der Waals surface area contributed by atoms with Gasteiger partial charge in [0.2, 0.25) is 0 Å². The molecule has 3 atom stereocenters. The highest BCUT2D eigenvalue weighted by Gasteiger charge is 2.28. The van der Waals surface area contributed by atoms with Crippen LogP contribution in [0.3, 0.4) is 0 Å². The van der Waals surface area contributed by atoms with Crippen LogP contribution in [-0.4, -0.2) is 36.6 Å². The van der Waals surface area contributed by atoms with E-state index in [1.165, 1.54) is 64.6 Å². The molecule has 0 aromatic heterocycles. The fraction of sp³-hybridized carbons (Fsp3) is 1.00. The molecule has 0 spiro atoms. The van der Waals surface area contributed by atoms with E-state index in [0.717, 1.165) is 17.9 Å². The van der Waals surface area contributed by atoms with Gasteiger partial charge >= 0.3 is 0 Å². The Hall–Kier alpha value is -0.0800. The predicted octanol–water partition coefficient (Wildman–Crippen LogP) is 4.69. The van der Waals surface area contributed by atoms with Gasteiger partial charge in [-0.2, -0.15) is 0 Å². The molecule has 1 fully saturated rings. The monoisotopic (exact) mass is 296 g/mol. The average Bonchev–Trinajstić information content (AvgIpc) is 2.71. The first-order chi connectivity index (χ1) is 10.1. The Morgan fingerprint density at radius 3 is 2.38 bits per heavy atom. The Bertz CT molecular complexity index is 252. The van der Waals surface area contributed by atoms with Crippen molar-refractivity contribution in [2.75, 3.05) is 19.6 Å². The number of hydrogen-bond acceptors (Lipinski definition) is 2. The van der Waals surface area contributed by atoms with Crippen LogP contribution < -0.4 is 5.32 Å². The van der Waals surface area contributed by atoms with Crippen molar-refractivity contribution in [1.29, 1.82) is 0 Å². The summed E-state index contributed by atoms with van der Waals surface area (Å²) in [5, 5.41) is 3.83. The van der Waals surface area contributed by atoms with Gasteiger partial charge in [-0.25, -0.2) is 0 Å². The number of hydrogen-bond donors (Lipinski definition) is 1. The van der Waals surface area contributed by atoms with Crippen molar-refractivity contribution in [3.63, 3.8) is 0 Å². The molecule has 2 nitrogen and oxygen atoms in total. The van der Waals surface area contributed by atoms with Crippen molar-refractivity contribution < 1.29 is 0 Å². The summed E-state index contributed by atoms with van der Waals surface area (Å²) in [4.78, 5) is 2.81. The van der Waals surface area contributed by atoms with Gasteiger partial charge < -0.3 is 5.32 Å². The highest BCUT2D eigenvalue weighted by molar-refractivity contribution is 4.85. The summed E-state index contributed by atoms with van der Waals surface area (Å²) in [6, 6.07) is 1.43. The van der Waals surface area contributed by atoms with Crippen molar-refractivity contribution in [2.24, 2.45) is 11.8 Å². The standard InChI is InChI=1S/C19H40N2/c1-6-10-18(20-13-7-2)19(8-3)21-14-9-11-17(12-15-21)16(4)5/h16-20H,6-15H2,1-5H3. The van der Waals surface area contributed by atoms with Gasteiger partial charge in [-0.3, -0.25) is 4.90 Å². The van der Waals surface area contributed by atoms with Gasteiger partial charge in [0.1, 0.15) is 0 Å². The minimum atomic E-state index is 0.690. The van der Waals surface area contributed by atoms with E-state index in [9.17, 15) is 0 Å². The zero-order chi connectivity index (χ0) is 15.7. The second-order valence-corrected chi connectivity index (χ2v) is 7.30. The van der Waals surface area contributed by atoms with Crippen LogP contribution in [0.1, 0.15) is 79.6 Å². The maximum atomic E-state index is 3.83. The molecular weight excluding hydrogens is 256 g/mol. The van der Waals surface area contributed by atoms with Crippen molar-refractivity contribution >= 4 is 0 Å². The van der Waals surface area contributed by atoms with Crippen LogP contribution in [0.2, 0.25) is 0 Å². The van der Waals surface area contributed by atoms with Crippen molar-refractivity contribution in [2.45, 2.75) is 91.6 Å². The van der Waals surface area contributed by atoms with Gasteiger partial charge in [-0.05, 0) is 70.0 Å². The van der Waals surface area contributed by atoms with E-state index in [0.29, 0.717) is 6.04 Å². The Kier molecular flexibility index (Phi) is 9.59. The zero-order valence-corrected chi connectivity index (χ0v) is 15.3. The normalized spacial score (nSPS) is 24.0. The van der Waals surface area contributed by atoms with Crippen LogP contribution in [0.5, 0.6) is 0 Å². The number of nitrogens with zero attached hydrogens (tertiary/aromatic N) is 1. The number of likely N-dealkylation sites (tertiary alicyclic amines) is 1. The summed E-state index contributed by atoms with van der Waals surface area (Å²) in [7, 11) is 0. The van der Waals surface area contributed by atoms with Crippen LogP contribution in [-0.2, 0) is 0 Å². The maximum absolute atomic E-state index is 3.83. The number of nitrogens with one attached hydrogen (secondary N) is 1. The first-order valence-corrected chi connectivity index (χ1v) is 9.61. The molecule has 126 valence electrons. The Balaban J connectivity index is 2.63. The second kappa shape index (κ2) is 10.6. The lowest BCUT2D eigenvalue weighted by Gasteiger charge is -2.37. The first kappa shape index (κ1) is 19.0. The highest BCUT2D eigenvalue weighted by atomic mass is 15.2. The molecule has 1 N–H and O–H groups in total. The molecule has 21 heavy (non-hydrogen) atoms. The van der Waals surface area contributed by atoms with Gasteiger partial charge in [0.15, 0.2) is 0 Å². The van der Waals surface area contributed by atoms with Gasteiger partial charge in [-0.15, -0.1) is 0 Å². The lowest BCUT2D eigenvalue weighted by atomic mass is 9.89. The predicted molar refractivity (Wildman–Crippen MR) is 94.8 cm³/mol. The maximum Gasteiger partial charge on any atom is 0.0246 e. The number of rotatable bonds is 9.